The molecular weight excluding hydrogens is 376 g/mol. The molecule has 1 saturated carbocycles. The summed E-state index contributed by atoms with van der Waals surface area (Å²) in [6, 6.07) is 11.7. The second-order valence-electron chi connectivity index (χ2n) is 9.41. The van der Waals surface area contributed by atoms with Crippen molar-refractivity contribution in [2.45, 2.75) is 58.1 Å². The van der Waals surface area contributed by atoms with Gasteiger partial charge in [0.15, 0.2) is 0 Å². The molecule has 1 aromatic carbocycles. The zero-order chi connectivity index (χ0) is 21.5. The van der Waals surface area contributed by atoms with Crippen LogP contribution < -0.4 is 5.56 Å². The van der Waals surface area contributed by atoms with Crippen molar-refractivity contribution in [2.75, 3.05) is 6.54 Å². The van der Waals surface area contributed by atoms with E-state index in [2.05, 4.69) is 20.8 Å². The summed E-state index contributed by atoms with van der Waals surface area (Å²) in [6.45, 7) is 7.20. The number of amides is 1. The summed E-state index contributed by atoms with van der Waals surface area (Å²) in [6.07, 6.45) is 5.83. The van der Waals surface area contributed by atoms with Gasteiger partial charge < -0.3 is 14.2 Å². The molecule has 2 aliphatic rings. The lowest BCUT2D eigenvalue weighted by Crippen LogP contribution is -2.52. The average molecular weight is 409 g/mol. The summed E-state index contributed by atoms with van der Waals surface area (Å²) in [4.78, 5) is 26.7. The molecule has 1 amide bonds. The number of aryl methyl sites for hydroxylation is 1. The Morgan fingerprint density at radius 2 is 1.77 bits per heavy atom. The fourth-order valence-electron chi connectivity index (χ4n) is 4.80. The van der Waals surface area contributed by atoms with Gasteiger partial charge in [0.05, 0.1) is 6.04 Å². The number of hydrogen-bond donors (Lipinski definition) is 0. The van der Waals surface area contributed by atoms with Crippen LogP contribution in [0.5, 0.6) is 0 Å². The minimum Gasteiger partial charge on any atom is -0.442 e. The highest BCUT2D eigenvalue weighted by molar-refractivity contribution is 5.70. The van der Waals surface area contributed by atoms with E-state index in [0.29, 0.717) is 11.8 Å². The molecule has 2 unspecified atom stereocenters. The molecule has 30 heavy (non-hydrogen) atoms. The minimum absolute atomic E-state index is 0.0263. The third kappa shape index (κ3) is 4.03. The van der Waals surface area contributed by atoms with Gasteiger partial charge in [-0.05, 0) is 60.8 Å². The Hall–Kier alpha value is -2.56. The maximum atomic E-state index is 13.0. The minimum atomic E-state index is -0.259. The summed E-state index contributed by atoms with van der Waals surface area (Å²) < 4.78 is 7.69. The van der Waals surface area contributed by atoms with Crippen molar-refractivity contribution >= 4 is 6.09 Å². The highest BCUT2D eigenvalue weighted by Gasteiger charge is 2.51. The topological polar surface area (TPSA) is 51.5 Å². The number of hydrogen-bond acceptors (Lipinski definition) is 3. The van der Waals surface area contributed by atoms with Crippen molar-refractivity contribution in [1.82, 2.24) is 9.47 Å². The molecule has 2 atom stereocenters. The van der Waals surface area contributed by atoms with Gasteiger partial charge in [0.1, 0.15) is 5.60 Å². The van der Waals surface area contributed by atoms with Gasteiger partial charge in [-0.2, -0.15) is 0 Å². The highest BCUT2D eigenvalue weighted by Crippen LogP contribution is 2.49. The molecule has 160 valence electrons. The number of pyridine rings is 1. The van der Waals surface area contributed by atoms with Gasteiger partial charge in [-0.15, -0.1) is 0 Å². The van der Waals surface area contributed by atoms with Crippen molar-refractivity contribution in [3.8, 4) is 11.1 Å². The van der Waals surface area contributed by atoms with Crippen LogP contribution >= 0.6 is 0 Å². The number of rotatable bonds is 6. The van der Waals surface area contributed by atoms with E-state index in [0.717, 1.165) is 36.1 Å². The molecule has 2 heterocycles. The second-order valence-corrected chi connectivity index (χ2v) is 9.41. The largest absolute Gasteiger partial charge is 0.442 e. The molecule has 0 N–H and O–H groups in total. The molecule has 0 spiro atoms. The lowest BCUT2D eigenvalue weighted by Gasteiger charge is -2.44. The van der Waals surface area contributed by atoms with E-state index in [-0.39, 0.29) is 23.3 Å². The van der Waals surface area contributed by atoms with E-state index >= 15 is 0 Å². The van der Waals surface area contributed by atoms with Crippen molar-refractivity contribution in [3.05, 3.63) is 58.5 Å². The molecule has 5 nitrogen and oxygen atoms in total. The van der Waals surface area contributed by atoms with Crippen molar-refractivity contribution in [3.63, 3.8) is 0 Å². The Morgan fingerprint density at radius 3 is 2.33 bits per heavy atom. The Morgan fingerprint density at radius 1 is 1.07 bits per heavy atom. The summed E-state index contributed by atoms with van der Waals surface area (Å²) in [5.41, 5.74) is 2.68. The van der Waals surface area contributed by atoms with E-state index < -0.39 is 0 Å². The van der Waals surface area contributed by atoms with E-state index in [1.165, 1.54) is 12.8 Å². The van der Waals surface area contributed by atoms with Crippen LogP contribution in [0.1, 0.15) is 58.1 Å². The fourth-order valence-corrected chi connectivity index (χ4v) is 4.80. The van der Waals surface area contributed by atoms with E-state index in [4.69, 9.17) is 4.74 Å². The maximum absolute atomic E-state index is 13.0. The van der Waals surface area contributed by atoms with E-state index in [1.807, 2.05) is 35.2 Å². The van der Waals surface area contributed by atoms with Crippen molar-refractivity contribution in [2.24, 2.45) is 18.9 Å². The van der Waals surface area contributed by atoms with E-state index in [9.17, 15) is 9.59 Å². The van der Waals surface area contributed by atoms with Crippen LogP contribution in [-0.2, 0) is 11.8 Å². The van der Waals surface area contributed by atoms with Crippen LogP contribution in [0.4, 0.5) is 4.79 Å². The molecule has 1 aliphatic carbocycles. The lowest BCUT2D eigenvalue weighted by atomic mass is 9.83. The van der Waals surface area contributed by atoms with Crippen molar-refractivity contribution < 1.29 is 9.53 Å². The lowest BCUT2D eigenvalue weighted by molar-refractivity contribution is -0.0800. The molecule has 4 rings (SSSR count). The monoisotopic (exact) mass is 408 g/mol. The number of carbonyl (C=O) groups is 1. The molecule has 1 aromatic heterocycles. The summed E-state index contributed by atoms with van der Waals surface area (Å²) >= 11 is 0. The number of aromatic nitrogens is 1. The predicted molar refractivity (Wildman–Crippen MR) is 118 cm³/mol. The van der Waals surface area contributed by atoms with Gasteiger partial charge in [-0.1, -0.05) is 38.1 Å². The molecule has 2 aromatic rings. The normalized spacial score (nSPS) is 22.8. The van der Waals surface area contributed by atoms with Gasteiger partial charge >= 0.3 is 6.09 Å². The first kappa shape index (κ1) is 20.7. The van der Waals surface area contributed by atoms with Crippen LogP contribution in [0.15, 0.2) is 47.4 Å². The Bertz CT molecular complexity index is 975. The smallest absolute Gasteiger partial charge is 0.410 e. The third-order valence-electron chi connectivity index (χ3n) is 6.67. The fraction of sp³-hybridized carbons (Fsp3) is 0.520. The van der Waals surface area contributed by atoms with Gasteiger partial charge in [-0.3, -0.25) is 4.79 Å². The zero-order valence-electron chi connectivity index (χ0n) is 18.4. The first-order valence-corrected chi connectivity index (χ1v) is 11.1. The van der Waals surface area contributed by atoms with Gasteiger partial charge in [0.25, 0.3) is 5.56 Å². The summed E-state index contributed by atoms with van der Waals surface area (Å²) in [7, 11) is 1.74. The van der Waals surface area contributed by atoms with E-state index in [1.54, 1.807) is 23.9 Å². The van der Waals surface area contributed by atoms with Gasteiger partial charge in [-0.25, -0.2) is 4.79 Å². The molecule has 2 fully saturated rings. The highest BCUT2D eigenvalue weighted by atomic mass is 16.6. The van der Waals surface area contributed by atoms with Gasteiger partial charge in [0, 0.05) is 32.3 Å². The number of benzene rings is 1. The van der Waals surface area contributed by atoms with Crippen LogP contribution in [0.3, 0.4) is 0 Å². The Labute approximate surface area is 178 Å². The molecule has 0 radical (unpaired) electrons. The number of ether oxygens (including phenoxy) is 1. The molecule has 0 bridgehead atoms. The summed E-state index contributed by atoms with van der Waals surface area (Å²) in [5.74, 6) is 1.06. The molecule has 1 saturated heterocycles. The number of cyclic esters (lactones) is 1. The Kier molecular flexibility index (Phi) is 5.48. The zero-order valence-corrected chi connectivity index (χ0v) is 18.4. The maximum Gasteiger partial charge on any atom is 0.410 e. The van der Waals surface area contributed by atoms with Crippen LogP contribution in [-0.4, -0.2) is 27.7 Å². The number of carbonyl (C=O) groups excluding carboxylic acids is 1. The second kappa shape index (κ2) is 7.93. The van der Waals surface area contributed by atoms with Gasteiger partial charge in [0.2, 0.25) is 0 Å². The van der Waals surface area contributed by atoms with Crippen LogP contribution in [0.25, 0.3) is 11.1 Å². The SMILES string of the molecule is CC(C)CC1(C2CC2)CCN(C(C)c2ccc(-c3ccn(C)c(=O)c3)cc2)C(=O)O1. The third-order valence-corrected chi connectivity index (χ3v) is 6.67. The molecule has 5 heteroatoms. The quantitative estimate of drug-likeness (QED) is 0.664. The summed E-state index contributed by atoms with van der Waals surface area (Å²) in [5, 5.41) is 0. The predicted octanol–water partition coefficient (Wildman–Crippen LogP) is 5.15. The molecule has 1 aliphatic heterocycles. The van der Waals surface area contributed by atoms with Crippen LogP contribution in [0.2, 0.25) is 0 Å². The number of nitrogens with zero attached hydrogens (tertiary/aromatic N) is 2. The Balaban J connectivity index is 1.48. The molecular formula is C25H32N2O3. The van der Waals surface area contributed by atoms with Crippen LogP contribution in [0, 0.1) is 11.8 Å². The van der Waals surface area contributed by atoms with Crippen molar-refractivity contribution in [1.29, 1.82) is 0 Å². The standard InChI is InChI=1S/C25H32N2O3/c1-17(2)16-25(22-9-10-22)12-14-27(24(29)30-25)18(3)19-5-7-20(8-6-19)21-11-13-26(4)23(28)15-21/h5-8,11,13,15,17-18,22H,9-10,12,14,16H2,1-4H3. The first-order valence-electron chi connectivity index (χ1n) is 11.1. The average Bonchev–Trinajstić information content (AvgIpc) is 3.55. The first-order chi connectivity index (χ1) is 14.3.